The summed E-state index contributed by atoms with van der Waals surface area (Å²) in [5.74, 6) is 0.324. The minimum atomic E-state index is 0.324. The van der Waals surface area contributed by atoms with Gasteiger partial charge in [0.05, 0.1) is 0 Å². The lowest BCUT2D eigenvalue weighted by atomic mass is 10.1. The van der Waals surface area contributed by atoms with Gasteiger partial charge < -0.3 is 11.1 Å². The maximum absolute atomic E-state index is 7.07. The van der Waals surface area contributed by atoms with E-state index in [1.807, 2.05) is 13.8 Å². The van der Waals surface area contributed by atoms with Crippen molar-refractivity contribution in [3.63, 3.8) is 0 Å². The quantitative estimate of drug-likeness (QED) is 0.491. The molecule has 0 spiro atoms. The van der Waals surface area contributed by atoms with Gasteiger partial charge in [0.25, 0.3) is 0 Å². The molecule has 7 heavy (non-hydrogen) atoms. The van der Waals surface area contributed by atoms with Gasteiger partial charge in [0.15, 0.2) is 0 Å². The number of nitrogens with two attached hydrogens (primary N) is 1. The first kappa shape index (κ1) is 6.63. The van der Waals surface area contributed by atoms with Crippen LogP contribution in [-0.4, -0.2) is 12.3 Å². The average Bonchev–Trinajstić information content (AvgIpc) is 1.65. The standard InChI is InChI=1S/C5H12N2/c1-4(2)5(7)3-6/h4,7H,3,6H2,1-2H3. The van der Waals surface area contributed by atoms with Crippen molar-refractivity contribution >= 4 is 5.71 Å². The van der Waals surface area contributed by atoms with Crippen molar-refractivity contribution in [2.24, 2.45) is 11.7 Å². The topological polar surface area (TPSA) is 49.9 Å². The third-order valence-corrected chi connectivity index (χ3v) is 0.917. The smallest absolute Gasteiger partial charge is 0.0310 e. The van der Waals surface area contributed by atoms with Gasteiger partial charge in [-0.25, -0.2) is 0 Å². The lowest BCUT2D eigenvalue weighted by Crippen LogP contribution is -2.17. The number of hydrogen-bond acceptors (Lipinski definition) is 2. The molecular formula is C5H12N2. The van der Waals surface area contributed by atoms with Crippen LogP contribution in [0.2, 0.25) is 0 Å². The van der Waals surface area contributed by atoms with E-state index in [4.69, 9.17) is 11.1 Å². The van der Waals surface area contributed by atoms with Crippen LogP contribution >= 0.6 is 0 Å². The van der Waals surface area contributed by atoms with E-state index in [2.05, 4.69) is 0 Å². The molecule has 0 aliphatic rings. The van der Waals surface area contributed by atoms with Crippen LogP contribution in [-0.2, 0) is 0 Å². The number of hydrogen-bond donors (Lipinski definition) is 2. The van der Waals surface area contributed by atoms with E-state index in [0.29, 0.717) is 18.2 Å². The van der Waals surface area contributed by atoms with E-state index in [1.165, 1.54) is 0 Å². The van der Waals surface area contributed by atoms with E-state index in [9.17, 15) is 0 Å². The minimum absolute atomic E-state index is 0.324. The Hall–Kier alpha value is -0.370. The molecule has 0 saturated heterocycles. The summed E-state index contributed by atoms with van der Waals surface area (Å²) in [6, 6.07) is 0. The Labute approximate surface area is 44.2 Å². The molecule has 0 aliphatic carbocycles. The van der Waals surface area contributed by atoms with Crippen LogP contribution < -0.4 is 5.73 Å². The van der Waals surface area contributed by atoms with E-state index >= 15 is 0 Å². The van der Waals surface area contributed by atoms with Crippen LogP contribution in [0.1, 0.15) is 13.8 Å². The summed E-state index contributed by atoms with van der Waals surface area (Å²) in [4.78, 5) is 0. The van der Waals surface area contributed by atoms with Crippen molar-refractivity contribution < 1.29 is 0 Å². The summed E-state index contributed by atoms with van der Waals surface area (Å²) in [6.45, 7) is 4.34. The Morgan fingerprint density at radius 1 is 1.71 bits per heavy atom. The second-order valence-electron chi connectivity index (χ2n) is 1.88. The predicted molar refractivity (Wildman–Crippen MR) is 31.6 cm³/mol. The summed E-state index contributed by atoms with van der Waals surface area (Å²) in [6.07, 6.45) is 0. The van der Waals surface area contributed by atoms with Crippen LogP contribution in [0.25, 0.3) is 0 Å². The predicted octanol–water partition coefficient (Wildman–Crippen LogP) is 0.621. The van der Waals surface area contributed by atoms with Crippen molar-refractivity contribution in [3.8, 4) is 0 Å². The molecule has 0 aliphatic heterocycles. The normalized spacial score (nSPS) is 9.71. The van der Waals surface area contributed by atoms with Gasteiger partial charge >= 0.3 is 0 Å². The highest BCUT2D eigenvalue weighted by Gasteiger charge is 1.96. The zero-order chi connectivity index (χ0) is 5.86. The highest BCUT2D eigenvalue weighted by atomic mass is 14.6. The molecule has 3 N–H and O–H groups in total. The van der Waals surface area contributed by atoms with Gasteiger partial charge in [-0.1, -0.05) is 13.8 Å². The lowest BCUT2D eigenvalue weighted by molar-refractivity contribution is 0.857. The van der Waals surface area contributed by atoms with Gasteiger partial charge in [0.2, 0.25) is 0 Å². The summed E-state index contributed by atoms with van der Waals surface area (Å²) in [5, 5.41) is 7.07. The summed E-state index contributed by atoms with van der Waals surface area (Å²) in [5.41, 5.74) is 5.77. The Kier molecular flexibility index (Phi) is 2.60. The summed E-state index contributed by atoms with van der Waals surface area (Å²) in [7, 11) is 0. The van der Waals surface area contributed by atoms with Gasteiger partial charge in [-0.15, -0.1) is 0 Å². The van der Waals surface area contributed by atoms with Crippen LogP contribution in [0.5, 0.6) is 0 Å². The molecular weight excluding hydrogens is 88.1 g/mol. The highest BCUT2D eigenvalue weighted by molar-refractivity contribution is 5.84. The average molecular weight is 100 g/mol. The van der Waals surface area contributed by atoms with E-state index in [-0.39, 0.29) is 0 Å². The first-order valence-electron chi connectivity index (χ1n) is 2.46. The number of rotatable bonds is 2. The molecule has 0 atom stereocenters. The maximum Gasteiger partial charge on any atom is 0.0310 e. The molecule has 0 bridgehead atoms. The zero-order valence-electron chi connectivity index (χ0n) is 4.86. The Morgan fingerprint density at radius 2 is 2.14 bits per heavy atom. The van der Waals surface area contributed by atoms with Gasteiger partial charge in [-0.05, 0) is 5.92 Å². The summed E-state index contributed by atoms with van der Waals surface area (Å²) < 4.78 is 0. The van der Waals surface area contributed by atoms with Crippen LogP contribution in [0.4, 0.5) is 0 Å². The third-order valence-electron chi connectivity index (χ3n) is 0.917. The van der Waals surface area contributed by atoms with Crippen molar-refractivity contribution in [1.82, 2.24) is 0 Å². The molecule has 0 heterocycles. The molecule has 42 valence electrons. The largest absolute Gasteiger partial charge is 0.326 e. The van der Waals surface area contributed by atoms with Gasteiger partial charge in [0, 0.05) is 12.3 Å². The molecule has 0 fully saturated rings. The fraction of sp³-hybridized carbons (Fsp3) is 0.800. The molecule has 0 unspecified atom stereocenters. The molecule has 0 saturated carbocycles. The van der Waals surface area contributed by atoms with Crippen molar-refractivity contribution in [3.05, 3.63) is 0 Å². The molecule has 0 rings (SSSR count). The molecule has 0 aromatic rings. The number of nitrogens with one attached hydrogen (secondary N) is 1. The fourth-order valence-corrected chi connectivity index (χ4v) is 0.236. The fourth-order valence-electron chi connectivity index (χ4n) is 0.236. The van der Waals surface area contributed by atoms with E-state index < -0.39 is 0 Å². The summed E-state index contributed by atoms with van der Waals surface area (Å²) >= 11 is 0. The SMILES string of the molecule is CC(C)C(=N)CN. The second kappa shape index (κ2) is 2.75. The first-order chi connectivity index (χ1) is 3.18. The third kappa shape index (κ3) is 2.34. The Balaban J connectivity index is 3.35. The van der Waals surface area contributed by atoms with Gasteiger partial charge in [-0.3, -0.25) is 0 Å². The van der Waals surface area contributed by atoms with Crippen molar-refractivity contribution in [2.75, 3.05) is 6.54 Å². The van der Waals surface area contributed by atoms with Crippen LogP contribution in [0.15, 0.2) is 0 Å². The van der Waals surface area contributed by atoms with E-state index in [0.717, 1.165) is 0 Å². The monoisotopic (exact) mass is 100 g/mol. The van der Waals surface area contributed by atoms with Gasteiger partial charge in [0.1, 0.15) is 0 Å². The van der Waals surface area contributed by atoms with Crippen LogP contribution in [0.3, 0.4) is 0 Å². The Morgan fingerprint density at radius 3 is 2.14 bits per heavy atom. The zero-order valence-corrected chi connectivity index (χ0v) is 4.86. The second-order valence-corrected chi connectivity index (χ2v) is 1.88. The molecule has 0 radical (unpaired) electrons. The van der Waals surface area contributed by atoms with Crippen molar-refractivity contribution in [1.29, 1.82) is 5.41 Å². The van der Waals surface area contributed by atoms with Gasteiger partial charge in [-0.2, -0.15) is 0 Å². The minimum Gasteiger partial charge on any atom is -0.326 e. The first-order valence-corrected chi connectivity index (χ1v) is 2.46. The Bertz CT molecular complexity index is 66.5. The highest BCUT2D eigenvalue weighted by Crippen LogP contribution is 1.90. The molecule has 0 aromatic heterocycles. The molecule has 2 nitrogen and oxygen atoms in total. The molecule has 2 heteroatoms. The molecule has 0 aromatic carbocycles. The van der Waals surface area contributed by atoms with Crippen LogP contribution in [0, 0.1) is 11.3 Å². The van der Waals surface area contributed by atoms with E-state index in [1.54, 1.807) is 0 Å². The van der Waals surface area contributed by atoms with Crippen molar-refractivity contribution in [2.45, 2.75) is 13.8 Å². The molecule has 0 amide bonds. The lowest BCUT2D eigenvalue weighted by Gasteiger charge is -2.00. The maximum atomic E-state index is 7.07.